The van der Waals surface area contributed by atoms with Crippen LogP contribution in [0.25, 0.3) is 6.08 Å². The highest BCUT2D eigenvalue weighted by atomic mass is 32.1. The number of hydrogen-bond acceptors (Lipinski definition) is 6. The van der Waals surface area contributed by atoms with Gasteiger partial charge >= 0.3 is 5.97 Å². The number of benzene rings is 1. The van der Waals surface area contributed by atoms with E-state index in [1.165, 1.54) is 52.0 Å². The van der Waals surface area contributed by atoms with E-state index in [1.54, 1.807) is 17.4 Å². The molecule has 0 aliphatic rings. The molecular formula is C37H54N2O2S2. The minimum atomic E-state index is -0.500. The van der Waals surface area contributed by atoms with Crippen LogP contribution in [0.2, 0.25) is 0 Å². The molecule has 4 N–H and O–H groups in total. The molecule has 0 unspecified atom stereocenters. The summed E-state index contributed by atoms with van der Waals surface area (Å²) in [6.07, 6.45) is 9.95. The maximum absolute atomic E-state index is 12.4. The van der Waals surface area contributed by atoms with E-state index in [1.807, 2.05) is 41.7 Å². The number of carbonyl (C=O) groups is 1. The van der Waals surface area contributed by atoms with Crippen LogP contribution in [0.4, 0.5) is 0 Å². The van der Waals surface area contributed by atoms with Crippen molar-refractivity contribution in [3.8, 4) is 0 Å². The minimum Gasteiger partial charge on any atom is -0.462 e. The molecule has 2 aromatic heterocycles. The number of ether oxygens (including phenoxy) is 1. The SMILES string of the molecule is CCCCCCc1cc(C(C)(C)N)sc1C(C)(C)C(C)(C)c1cc(CCOC(=O)/C=C/c2ccccc2)c(C(C)(C)N)s1. The Balaban J connectivity index is 1.87. The monoisotopic (exact) mass is 622 g/mol. The number of rotatable bonds is 15. The predicted octanol–water partition coefficient (Wildman–Crippen LogP) is 9.37. The van der Waals surface area contributed by atoms with Gasteiger partial charge in [0.2, 0.25) is 0 Å². The summed E-state index contributed by atoms with van der Waals surface area (Å²) in [6, 6.07) is 14.4. The molecule has 0 aliphatic carbocycles. The number of hydrogen-bond donors (Lipinski definition) is 2. The smallest absolute Gasteiger partial charge is 0.330 e. The quantitative estimate of drug-likeness (QED) is 0.101. The second kappa shape index (κ2) is 14.2. The van der Waals surface area contributed by atoms with E-state index in [-0.39, 0.29) is 22.3 Å². The number of esters is 1. The second-order valence-electron chi connectivity index (χ2n) is 14.1. The largest absolute Gasteiger partial charge is 0.462 e. The van der Waals surface area contributed by atoms with Crippen molar-refractivity contribution in [1.29, 1.82) is 0 Å². The lowest BCUT2D eigenvalue weighted by Gasteiger charge is -2.41. The van der Waals surface area contributed by atoms with E-state index < -0.39 is 5.54 Å². The van der Waals surface area contributed by atoms with Crippen LogP contribution in [0.15, 0.2) is 48.5 Å². The maximum atomic E-state index is 12.4. The van der Waals surface area contributed by atoms with Crippen LogP contribution in [0.5, 0.6) is 0 Å². The van der Waals surface area contributed by atoms with Crippen molar-refractivity contribution in [1.82, 2.24) is 0 Å². The molecule has 3 rings (SSSR count). The summed E-state index contributed by atoms with van der Waals surface area (Å²) in [5, 5.41) is 0. The van der Waals surface area contributed by atoms with Gasteiger partial charge in [0.25, 0.3) is 0 Å². The van der Waals surface area contributed by atoms with Gasteiger partial charge in [0, 0.05) is 53.9 Å². The summed E-state index contributed by atoms with van der Waals surface area (Å²) in [6.45, 7) is 20.4. The average Bonchev–Trinajstić information content (AvgIpc) is 3.56. The number of carbonyl (C=O) groups excluding carboxylic acids is 1. The first-order valence-electron chi connectivity index (χ1n) is 15.7. The molecule has 0 aliphatic heterocycles. The molecule has 0 amide bonds. The van der Waals surface area contributed by atoms with Gasteiger partial charge in [-0.3, -0.25) is 0 Å². The highest BCUT2D eigenvalue weighted by Gasteiger charge is 2.44. The summed E-state index contributed by atoms with van der Waals surface area (Å²) in [4.78, 5) is 17.6. The van der Waals surface area contributed by atoms with Gasteiger partial charge in [-0.25, -0.2) is 4.79 Å². The van der Waals surface area contributed by atoms with Gasteiger partial charge < -0.3 is 16.2 Å². The van der Waals surface area contributed by atoms with Crippen LogP contribution in [0.3, 0.4) is 0 Å². The molecule has 3 aromatic rings. The standard InChI is InChI=1S/C37H54N2O2S2/c1-10-11-12-16-19-27-25-30(36(6,7)38)43-32(27)35(4,5)34(2,3)29-24-28(33(42-29)37(8,9)39)22-23-41-31(40)21-20-26-17-14-13-15-18-26/h13-15,17-18,20-21,24-25H,10-12,16,19,22-23,38-39H2,1-9H3/b21-20+. The van der Waals surface area contributed by atoms with Crippen molar-refractivity contribution in [3.05, 3.63) is 84.7 Å². The van der Waals surface area contributed by atoms with E-state index in [0.29, 0.717) is 13.0 Å². The van der Waals surface area contributed by atoms with Gasteiger partial charge in [-0.2, -0.15) is 0 Å². The third kappa shape index (κ3) is 8.91. The molecule has 236 valence electrons. The third-order valence-corrected chi connectivity index (χ3v) is 12.4. The normalized spacial score (nSPS) is 13.2. The van der Waals surface area contributed by atoms with E-state index >= 15 is 0 Å². The first-order chi connectivity index (χ1) is 20.0. The first kappa shape index (κ1) is 35.2. The zero-order valence-corrected chi connectivity index (χ0v) is 29.6. The van der Waals surface area contributed by atoms with Crippen molar-refractivity contribution >= 4 is 34.7 Å². The third-order valence-electron chi connectivity index (χ3n) is 8.71. The van der Waals surface area contributed by atoms with Crippen LogP contribution >= 0.6 is 22.7 Å². The van der Waals surface area contributed by atoms with Gasteiger partial charge in [-0.05, 0) is 75.4 Å². The zero-order valence-electron chi connectivity index (χ0n) is 27.9. The van der Waals surface area contributed by atoms with Crippen molar-refractivity contribution in [2.75, 3.05) is 6.61 Å². The Morgan fingerprint density at radius 1 is 0.767 bits per heavy atom. The van der Waals surface area contributed by atoms with Gasteiger partial charge in [0.05, 0.1) is 6.61 Å². The fraction of sp³-hybridized carbons (Fsp3) is 0.541. The topological polar surface area (TPSA) is 78.3 Å². The number of thiophene rings is 2. The van der Waals surface area contributed by atoms with Gasteiger partial charge in [0.1, 0.15) is 0 Å². The van der Waals surface area contributed by atoms with Gasteiger partial charge in [0.15, 0.2) is 0 Å². The van der Waals surface area contributed by atoms with Gasteiger partial charge in [-0.15, -0.1) is 22.7 Å². The predicted molar refractivity (Wildman–Crippen MR) is 187 cm³/mol. The number of nitrogens with two attached hydrogens (primary N) is 2. The number of aryl methyl sites for hydroxylation is 1. The average molecular weight is 623 g/mol. The van der Waals surface area contributed by atoms with E-state index in [9.17, 15) is 4.79 Å². The molecule has 0 bridgehead atoms. The summed E-state index contributed by atoms with van der Waals surface area (Å²) in [7, 11) is 0. The molecule has 0 spiro atoms. The van der Waals surface area contributed by atoms with Crippen molar-refractivity contribution in [2.24, 2.45) is 11.5 Å². The van der Waals surface area contributed by atoms with E-state index in [2.05, 4.69) is 74.4 Å². The fourth-order valence-corrected chi connectivity index (χ4v) is 8.27. The number of unbranched alkanes of at least 4 members (excludes halogenated alkanes) is 3. The first-order valence-corrected chi connectivity index (χ1v) is 17.4. The molecule has 0 atom stereocenters. The minimum absolute atomic E-state index is 0.145. The van der Waals surface area contributed by atoms with Crippen LogP contribution in [-0.2, 0) is 44.3 Å². The molecule has 0 radical (unpaired) electrons. The Morgan fingerprint density at radius 3 is 1.98 bits per heavy atom. The molecule has 0 saturated carbocycles. The Bertz CT molecular complexity index is 1370. The summed E-state index contributed by atoms with van der Waals surface area (Å²) < 4.78 is 5.60. The molecule has 1 aromatic carbocycles. The van der Waals surface area contributed by atoms with Crippen molar-refractivity contribution < 1.29 is 9.53 Å². The molecule has 2 heterocycles. The summed E-state index contributed by atoms with van der Waals surface area (Å²) in [5.74, 6) is -0.336. The van der Waals surface area contributed by atoms with Crippen LogP contribution in [0.1, 0.15) is 124 Å². The lowest BCUT2D eigenvalue weighted by Crippen LogP contribution is -2.39. The van der Waals surface area contributed by atoms with Crippen LogP contribution < -0.4 is 11.5 Å². The lowest BCUT2D eigenvalue weighted by molar-refractivity contribution is -0.137. The molecule has 0 saturated heterocycles. The van der Waals surface area contributed by atoms with Crippen LogP contribution in [-0.4, -0.2) is 12.6 Å². The van der Waals surface area contributed by atoms with Crippen molar-refractivity contribution in [3.63, 3.8) is 0 Å². The van der Waals surface area contributed by atoms with E-state index in [0.717, 1.165) is 22.4 Å². The Labute approximate surface area is 268 Å². The zero-order chi connectivity index (χ0) is 32.1. The Kier molecular flexibility index (Phi) is 11.7. The molecular weight excluding hydrogens is 569 g/mol. The fourth-order valence-electron chi connectivity index (χ4n) is 5.30. The molecule has 0 fully saturated rings. The molecule has 4 nitrogen and oxygen atoms in total. The summed E-state index contributed by atoms with van der Waals surface area (Å²) in [5.41, 5.74) is 15.7. The summed E-state index contributed by atoms with van der Waals surface area (Å²) >= 11 is 3.69. The Hall–Kier alpha value is -2.25. The lowest BCUT2D eigenvalue weighted by atomic mass is 9.65. The molecule has 6 heteroatoms. The van der Waals surface area contributed by atoms with E-state index in [4.69, 9.17) is 16.2 Å². The molecule has 43 heavy (non-hydrogen) atoms. The van der Waals surface area contributed by atoms with Gasteiger partial charge in [-0.1, -0.05) is 84.2 Å². The van der Waals surface area contributed by atoms with Crippen molar-refractivity contribution in [2.45, 2.75) is 123 Å². The highest BCUT2D eigenvalue weighted by molar-refractivity contribution is 7.13. The van der Waals surface area contributed by atoms with Crippen LogP contribution in [0, 0.1) is 0 Å². The maximum Gasteiger partial charge on any atom is 0.330 e. The highest BCUT2D eigenvalue weighted by Crippen LogP contribution is 2.51. The Morgan fingerprint density at radius 2 is 1.37 bits per heavy atom. The second-order valence-corrected chi connectivity index (χ2v) is 16.2.